The molecule has 178 valence electrons. The summed E-state index contributed by atoms with van der Waals surface area (Å²) in [5, 5.41) is 8.70. The van der Waals surface area contributed by atoms with Gasteiger partial charge in [0, 0.05) is 22.4 Å². The number of nitrogens with one attached hydrogen (secondary N) is 3. The van der Waals surface area contributed by atoms with Crippen molar-refractivity contribution >= 4 is 50.8 Å². The van der Waals surface area contributed by atoms with Crippen molar-refractivity contribution in [2.75, 3.05) is 11.9 Å². The van der Waals surface area contributed by atoms with Gasteiger partial charge in [0.05, 0.1) is 11.1 Å². The van der Waals surface area contributed by atoms with Gasteiger partial charge in [-0.3, -0.25) is 14.9 Å². The van der Waals surface area contributed by atoms with Crippen molar-refractivity contribution in [2.24, 2.45) is 0 Å². The SMILES string of the molecule is CCCCCCOc1ccc(C(=O)NC(=S)Nc2ccc(C(=O)NC(C)(C)C)cc2)cc1Br. The lowest BCUT2D eigenvalue weighted by molar-refractivity contribution is 0.0918. The van der Waals surface area contributed by atoms with E-state index in [0.717, 1.165) is 12.8 Å². The molecule has 8 heteroatoms. The molecule has 3 N–H and O–H groups in total. The van der Waals surface area contributed by atoms with E-state index >= 15 is 0 Å². The number of thiocarbonyl (C=S) groups is 1. The molecule has 2 aromatic carbocycles. The largest absolute Gasteiger partial charge is 0.492 e. The van der Waals surface area contributed by atoms with Crippen LogP contribution in [0.3, 0.4) is 0 Å². The predicted molar refractivity (Wildman–Crippen MR) is 141 cm³/mol. The summed E-state index contributed by atoms with van der Waals surface area (Å²) in [6.45, 7) is 8.60. The van der Waals surface area contributed by atoms with Crippen molar-refractivity contribution in [2.45, 2.75) is 58.9 Å². The fraction of sp³-hybridized carbons (Fsp3) is 0.400. The van der Waals surface area contributed by atoms with Crippen LogP contribution in [0.5, 0.6) is 5.75 Å². The number of halogens is 1. The van der Waals surface area contributed by atoms with Crippen molar-refractivity contribution in [1.29, 1.82) is 0 Å². The third kappa shape index (κ3) is 9.52. The minimum Gasteiger partial charge on any atom is -0.492 e. The number of hydrogen-bond donors (Lipinski definition) is 3. The summed E-state index contributed by atoms with van der Waals surface area (Å²) in [5.41, 5.74) is 1.36. The van der Waals surface area contributed by atoms with Crippen molar-refractivity contribution in [3.8, 4) is 5.75 Å². The number of amides is 2. The van der Waals surface area contributed by atoms with E-state index in [0.29, 0.717) is 33.6 Å². The first-order valence-electron chi connectivity index (χ1n) is 11.1. The number of rotatable bonds is 9. The summed E-state index contributed by atoms with van der Waals surface area (Å²) >= 11 is 8.73. The first kappa shape index (κ1) is 26.8. The Bertz CT molecular complexity index is 972. The summed E-state index contributed by atoms with van der Waals surface area (Å²) in [6.07, 6.45) is 4.54. The molecule has 0 radical (unpaired) electrons. The average molecular weight is 535 g/mol. The smallest absolute Gasteiger partial charge is 0.257 e. The van der Waals surface area contributed by atoms with Gasteiger partial charge in [-0.05, 0) is 97.8 Å². The molecule has 6 nitrogen and oxygen atoms in total. The normalized spacial score (nSPS) is 10.9. The Morgan fingerprint density at radius 2 is 1.64 bits per heavy atom. The molecule has 0 aromatic heterocycles. The van der Waals surface area contributed by atoms with Crippen LogP contribution in [0.25, 0.3) is 0 Å². The van der Waals surface area contributed by atoms with Crippen LogP contribution in [0.2, 0.25) is 0 Å². The molecule has 0 heterocycles. The Balaban J connectivity index is 1.88. The van der Waals surface area contributed by atoms with E-state index in [1.165, 1.54) is 12.8 Å². The predicted octanol–water partition coefficient (Wildman–Crippen LogP) is 6.06. The van der Waals surface area contributed by atoms with Gasteiger partial charge in [0.2, 0.25) is 0 Å². The molecular formula is C25H32BrN3O3S. The molecule has 2 amide bonds. The van der Waals surface area contributed by atoms with Crippen LogP contribution in [0.1, 0.15) is 74.1 Å². The molecule has 0 bridgehead atoms. The molecule has 0 spiro atoms. The van der Waals surface area contributed by atoms with Gasteiger partial charge in [0.1, 0.15) is 5.75 Å². The molecule has 0 aliphatic carbocycles. The van der Waals surface area contributed by atoms with Crippen LogP contribution >= 0.6 is 28.1 Å². The highest BCUT2D eigenvalue weighted by Gasteiger charge is 2.15. The molecule has 0 aliphatic rings. The second-order valence-electron chi connectivity index (χ2n) is 8.74. The first-order valence-corrected chi connectivity index (χ1v) is 12.3. The van der Waals surface area contributed by atoms with E-state index in [1.54, 1.807) is 42.5 Å². The topological polar surface area (TPSA) is 79.5 Å². The molecule has 0 saturated heterocycles. The third-order valence-electron chi connectivity index (χ3n) is 4.57. The highest BCUT2D eigenvalue weighted by molar-refractivity contribution is 9.10. The number of benzene rings is 2. The molecule has 0 atom stereocenters. The quantitative estimate of drug-likeness (QED) is 0.269. The van der Waals surface area contributed by atoms with Crippen LogP contribution in [0.15, 0.2) is 46.9 Å². The third-order valence-corrected chi connectivity index (χ3v) is 5.39. The molecule has 2 rings (SSSR count). The second-order valence-corrected chi connectivity index (χ2v) is 10.0. The monoisotopic (exact) mass is 533 g/mol. The fourth-order valence-electron chi connectivity index (χ4n) is 2.93. The van der Waals surface area contributed by atoms with Crippen LogP contribution < -0.4 is 20.7 Å². The molecule has 0 aliphatic heterocycles. The standard InChI is InChI=1S/C25H32BrN3O3S/c1-5-6-7-8-15-32-21-14-11-18(16-20(21)26)22(30)28-24(33)27-19-12-9-17(10-13-19)23(31)29-25(2,3)4/h9-14,16H,5-8,15H2,1-4H3,(H,29,31)(H2,27,28,30,33). The fourth-order valence-corrected chi connectivity index (χ4v) is 3.63. The number of carbonyl (C=O) groups is 2. The van der Waals surface area contributed by atoms with E-state index in [2.05, 4.69) is 38.8 Å². The van der Waals surface area contributed by atoms with Crippen LogP contribution in [-0.4, -0.2) is 29.1 Å². The lowest BCUT2D eigenvalue weighted by atomic mass is 10.1. The van der Waals surface area contributed by atoms with Gasteiger partial charge < -0.3 is 15.4 Å². The first-order chi connectivity index (χ1) is 15.6. The summed E-state index contributed by atoms with van der Waals surface area (Å²) in [7, 11) is 0. The number of hydrogen-bond acceptors (Lipinski definition) is 4. The summed E-state index contributed by atoms with van der Waals surface area (Å²) in [5.74, 6) is 0.229. The maximum Gasteiger partial charge on any atom is 0.257 e. The zero-order valence-electron chi connectivity index (χ0n) is 19.6. The highest BCUT2D eigenvalue weighted by Crippen LogP contribution is 2.26. The number of ether oxygens (including phenoxy) is 1. The zero-order valence-corrected chi connectivity index (χ0v) is 22.0. The van der Waals surface area contributed by atoms with Gasteiger partial charge in [0.15, 0.2) is 5.11 Å². The minimum atomic E-state index is -0.330. The number of unbranched alkanes of at least 4 members (excludes halogenated alkanes) is 3. The lowest BCUT2D eigenvalue weighted by Crippen LogP contribution is -2.40. The maximum absolute atomic E-state index is 12.6. The van der Waals surface area contributed by atoms with E-state index in [-0.39, 0.29) is 22.5 Å². The van der Waals surface area contributed by atoms with Crippen molar-refractivity contribution in [3.05, 3.63) is 58.1 Å². The molecule has 0 saturated carbocycles. The van der Waals surface area contributed by atoms with Gasteiger partial charge in [0.25, 0.3) is 11.8 Å². The van der Waals surface area contributed by atoms with Crippen molar-refractivity contribution in [1.82, 2.24) is 10.6 Å². The Kier molecular flexibility index (Phi) is 10.3. The summed E-state index contributed by atoms with van der Waals surface area (Å²) in [6, 6.07) is 12.1. The maximum atomic E-state index is 12.6. The zero-order chi connectivity index (χ0) is 24.4. The summed E-state index contributed by atoms with van der Waals surface area (Å²) in [4.78, 5) is 24.8. The molecule has 0 fully saturated rings. The highest BCUT2D eigenvalue weighted by atomic mass is 79.9. The van der Waals surface area contributed by atoms with Gasteiger partial charge in [-0.25, -0.2) is 0 Å². The Hall–Kier alpha value is -2.45. The Morgan fingerprint density at radius 3 is 2.24 bits per heavy atom. The van der Waals surface area contributed by atoms with Crippen molar-refractivity contribution in [3.63, 3.8) is 0 Å². The second kappa shape index (κ2) is 12.7. The van der Waals surface area contributed by atoms with Crippen molar-refractivity contribution < 1.29 is 14.3 Å². The molecular weight excluding hydrogens is 502 g/mol. The van der Waals surface area contributed by atoms with E-state index in [9.17, 15) is 9.59 Å². The number of anilines is 1. The van der Waals surface area contributed by atoms with E-state index in [4.69, 9.17) is 17.0 Å². The minimum absolute atomic E-state index is 0.149. The van der Waals surface area contributed by atoms with Gasteiger partial charge in [-0.2, -0.15) is 0 Å². The van der Waals surface area contributed by atoms with Crippen LogP contribution in [0.4, 0.5) is 5.69 Å². The lowest BCUT2D eigenvalue weighted by Gasteiger charge is -2.20. The number of carbonyl (C=O) groups excluding carboxylic acids is 2. The van der Waals surface area contributed by atoms with Gasteiger partial charge in [-0.1, -0.05) is 26.2 Å². The molecule has 0 unspecified atom stereocenters. The van der Waals surface area contributed by atoms with E-state index < -0.39 is 0 Å². The Labute approximate surface area is 210 Å². The average Bonchev–Trinajstić information content (AvgIpc) is 2.73. The Morgan fingerprint density at radius 1 is 0.970 bits per heavy atom. The molecule has 33 heavy (non-hydrogen) atoms. The van der Waals surface area contributed by atoms with Crippen LogP contribution in [0, 0.1) is 0 Å². The van der Waals surface area contributed by atoms with Crippen LogP contribution in [-0.2, 0) is 0 Å². The summed E-state index contributed by atoms with van der Waals surface area (Å²) < 4.78 is 6.50. The van der Waals surface area contributed by atoms with E-state index in [1.807, 2.05) is 20.8 Å². The molecule has 2 aromatic rings. The van der Waals surface area contributed by atoms with Gasteiger partial charge >= 0.3 is 0 Å². The van der Waals surface area contributed by atoms with Gasteiger partial charge in [-0.15, -0.1) is 0 Å².